The molecule has 2 N–H and O–H groups in total. The second-order valence-corrected chi connectivity index (χ2v) is 5.28. The van der Waals surface area contributed by atoms with Gasteiger partial charge in [-0.3, -0.25) is 30.4 Å². The van der Waals surface area contributed by atoms with Crippen LogP contribution in [0.25, 0.3) is 0 Å². The summed E-state index contributed by atoms with van der Waals surface area (Å²) in [5.74, 6) is -0.185. The first-order valence-corrected chi connectivity index (χ1v) is 7.39. The van der Waals surface area contributed by atoms with E-state index in [4.69, 9.17) is 0 Å². The Morgan fingerprint density at radius 3 is 2.19 bits per heavy atom. The third-order valence-corrected chi connectivity index (χ3v) is 3.36. The van der Waals surface area contributed by atoms with Crippen molar-refractivity contribution in [3.8, 4) is 0 Å². The molecule has 0 aromatic heterocycles. The maximum atomic E-state index is 11.1. The average molecular weight is 357 g/mol. The number of carbonyl (C=O) groups excluding carboxylic acids is 1. The Morgan fingerprint density at radius 2 is 1.65 bits per heavy atom. The first kappa shape index (κ1) is 18.5. The van der Waals surface area contributed by atoms with Crippen LogP contribution in [0.3, 0.4) is 0 Å². The fourth-order valence-electron chi connectivity index (χ4n) is 2.09. The lowest BCUT2D eigenvalue weighted by molar-refractivity contribution is -0.393. The van der Waals surface area contributed by atoms with Crippen LogP contribution in [0.15, 0.2) is 47.6 Å². The molecule has 0 radical (unpaired) electrons. The van der Waals surface area contributed by atoms with Crippen molar-refractivity contribution in [2.45, 2.75) is 13.8 Å². The van der Waals surface area contributed by atoms with Gasteiger partial charge in [0.2, 0.25) is 5.91 Å². The lowest BCUT2D eigenvalue weighted by Crippen LogP contribution is -2.06. The van der Waals surface area contributed by atoms with Gasteiger partial charge in [0.15, 0.2) is 0 Å². The summed E-state index contributed by atoms with van der Waals surface area (Å²) in [6.07, 6.45) is 0. The van der Waals surface area contributed by atoms with Crippen molar-refractivity contribution in [2.75, 3.05) is 10.7 Å². The standard InChI is InChI=1S/C16H15N5O5/c1-10(12-3-5-13(6-4-12)17-11(2)22)18-19-15-8-7-14(20(23)24)9-16(15)21(25)26/h3-9,19H,1-2H3,(H,17,22). The molecule has 1 amide bonds. The summed E-state index contributed by atoms with van der Waals surface area (Å²) in [6.45, 7) is 3.10. The third kappa shape index (κ3) is 4.60. The zero-order valence-electron chi connectivity index (χ0n) is 13.9. The van der Waals surface area contributed by atoms with Gasteiger partial charge in [0.1, 0.15) is 5.69 Å². The first-order chi connectivity index (χ1) is 12.3. The summed E-state index contributed by atoms with van der Waals surface area (Å²) < 4.78 is 0. The predicted molar refractivity (Wildman–Crippen MR) is 96.3 cm³/mol. The van der Waals surface area contributed by atoms with Crippen LogP contribution in [0.2, 0.25) is 0 Å². The molecule has 0 saturated carbocycles. The largest absolute Gasteiger partial charge is 0.326 e. The molecule has 0 unspecified atom stereocenters. The number of amides is 1. The van der Waals surface area contributed by atoms with Gasteiger partial charge in [-0.25, -0.2) is 0 Å². The molecule has 26 heavy (non-hydrogen) atoms. The van der Waals surface area contributed by atoms with E-state index in [0.29, 0.717) is 11.4 Å². The molecule has 0 fully saturated rings. The van der Waals surface area contributed by atoms with Crippen molar-refractivity contribution in [3.63, 3.8) is 0 Å². The summed E-state index contributed by atoms with van der Waals surface area (Å²) in [7, 11) is 0. The molecule has 2 aromatic carbocycles. The second kappa shape index (κ2) is 7.83. The van der Waals surface area contributed by atoms with E-state index in [2.05, 4.69) is 15.8 Å². The number of anilines is 2. The molecule has 0 aliphatic rings. The molecule has 10 heteroatoms. The minimum atomic E-state index is -0.720. The molecule has 0 saturated heterocycles. The van der Waals surface area contributed by atoms with Gasteiger partial charge >= 0.3 is 5.69 Å². The highest BCUT2D eigenvalue weighted by atomic mass is 16.6. The van der Waals surface area contributed by atoms with Crippen LogP contribution < -0.4 is 10.7 Å². The van der Waals surface area contributed by atoms with Gasteiger partial charge in [-0.15, -0.1) is 0 Å². The molecular weight excluding hydrogens is 342 g/mol. The summed E-state index contributed by atoms with van der Waals surface area (Å²) in [5.41, 5.74) is 3.67. The highest BCUT2D eigenvalue weighted by molar-refractivity contribution is 5.99. The van der Waals surface area contributed by atoms with Crippen molar-refractivity contribution >= 4 is 34.4 Å². The number of hydrogen-bond acceptors (Lipinski definition) is 7. The van der Waals surface area contributed by atoms with Crippen LogP contribution in [-0.2, 0) is 4.79 Å². The molecule has 0 atom stereocenters. The molecule has 134 valence electrons. The first-order valence-electron chi connectivity index (χ1n) is 7.39. The lowest BCUT2D eigenvalue weighted by atomic mass is 10.1. The molecule has 2 aromatic rings. The number of nitrogens with zero attached hydrogens (tertiary/aromatic N) is 3. The van der Waals surface area contributed by atoms with Crippen LogP contribution in [0.1, 0.15) is 19.4 Å². The molecule has 2 rings (SSSR count). The Labute approximate surface area is 147 Å². The van der Waals surface area contributed by atoms with Gasteiger partial charge in [0, 0.05) is 18.7 Å². The highest BCUT2D eigenvalue weighted by Crippen LogP contribution is 2.29. The van der Waals surface area contributed by atoms with Gasteiger partial charge in [-0.2, -0.15) is 5.10 Å². The monoisotopic (exact) mass is 357 g/mol. The average Bonchev–Trinajstić information content (AvgIpc) is 2.59. The van der Waals surface area contributed by atoms with Gasteiger partial charge in [-0.1, -0.05) is 12.1 Å². The van der Waals surface area contributed by atoms with Gasteiger partial charge in [-0.05, 0) is 30.7 Å². The Morgan fingerprint density at radius 1 is 1.00 bits per heavy atom. The summed E-state index contributed by atoms with van der Waals surface area (Å²) in [5, 5.41) is 28.6. The maximum Gasteiger partial charge on any atom is 0.301 e. The number of carbonyl (C=O) groups is 1. The van der Waals surface area contributed by atoms with Crippen molar-refractivity contribution in [1.82, 2.24) is 0 Å². The SMILES string of the molecule is CC(=O)Nc1ccc(C(C)=NNc2ccc([N+](=O)[O-])cc2[N+](=O)[O-])cc1. The zero-order valence-corrected chi connectivity index (χ0v) is 13.9. The minimum absolute atomic E-state index is 0.0369. The van der Waals surface area contributed by atoms with E-state index in [1.807, 2.05) is 0 Å². The summed E-state index contributed by atoms with van der Waals surface area (Å²) >= 11 is 0. The predicted octanol–water partition coefficient (Wildman–Crippen LogP) is 3.30. The number of non-ortho nitro benzene ring substituents is 1. The van der Waals surface area contributed by atoms with E-state index in [0.717, 1.165) is 17.7 Å². The number of rotatable bonds is 6. The maximum absolute atomic E-state index is 11.1. The molecular formula is C16H15N5O5. The van der Waals surface area contributed by atoms with Gasteiger partial charge in [0.05, 0.1) is 21.6 Å². The Kier molecular flexibility index (Phi) is 5.58. The highest BCUT2D eigenvalue weighted by Gasteiger charge is 2.19. The van der Waals surface area contributed by atoms with Crippen LogP contribution in [0, 0.1) is 20.2 Å². The fraction of sp³-hybridized carbons (Fsp3) is 0.125. The normalized spacial score (nSPS) is 10.9. The zero-order chi connectivity index (χ0) is 19.3. The molecule has 0 aliphatic heterocycles. The van der Waals surface area contributed by atoms with Crippen molar-refractivity contribution in [1.29, 1.82) is 0 Å². The van der Waals surface area contributed by atoms with Crippen molar-refractivity contribution < 1.29 is 14.6 Å². The molecule has 0 bridgehead atoms. The number of nitrogens with one attached hydrogen (secondary N) is 2. The number of nitro groups is 2. The Balaban J connectivity index is 2.21. The molecule has 0 aliphatic carbocycles. The van der Waals surface area contributed by atoms with E-state index < -0.39 is 15.5 Å². The van der Waals surface area contributed by atoms with Gasteiger partial charge in [0.25, 0.3) is 5.69 Å². The van der Waals surface area contributed by atoms with Crippen molar-refractivity contribution in [3.05, 3.63) is 68.3 Å². The molecule has 10 nitrogen and oxygen atoms in total. The number of hydrogen-bond donors (Lipinski definition) is 2. The number of nitro benzene ring substituents is 2. The Hall–Kier alpha value is -3.82. The number of hydrazone groups is 1. The van der Waals surface area contributed by atoms with Crippen LogP contribution in [0.4, 0.5) is 22.7 Å². The number of benzene rings is 2. The molecule has 0 spiro atoms. The minimum Gasteiger partial charge on any atom is -0.326 e. The third-order valence-electron chi connectivity index (χ3n) is 3.36. The van der Waals surface area contributed by atoms with E-state index >= 15 is 0 Å². The van der Waals surface area contributed by atoms with E-state index in [1.165, 1.54) is 13.0 Å². The molecule has 0 heterocycles. The van der Waals surface area contributed by atoms with Crippen molar-refractivity contribution in [2.24, 2.45) is 5.10 Å². The van der Waals surface area contributed by atoms with Crippen LogP contribution in [0.5, 0.6) is 0 Å². The smallest absolute Gasteiger partial charge is 0.301 e. The lowest BCUT2D eigenvalue weighted by Gasteiger charge is -2.06. The topological polar surface area (TPSA) is 140 Å². The van der Waals surface area contributed by atoms with Crippen LogP contribution in [-0.4, -0.2) is 21.5 Å². The quantitative estimate of drug-likeness (QED) is 0.462. The van der Waals surface area contributed by atoms with Crippen LogP contribution >= 0.6 is 0 Å². The summed E-state index contributed by atoms with van der Waals surface area (Å²) in [6, 6.07) is 10.1. The Bertz CT molecular complexity index is 892. The van der Waals surface area contributed by atoms with E-state index in [1.54, 1.807) is 31.2 Å². The van der Waals surface area contributed by atoms with Gasteiger partial charge < -0.3 is 5.32 Å². The fourth-order valence-corrected chi connectivity index (χ4v) is 2.09. The van der Waals surface area contributed by atoms with E-state index in [-0.39, 0.29) is 17.3 Å². The summed E-state index contributed by atoms with van der Waals surface area (Å²) in [4.78, 5) is 31.4. The van der Waals surface area contributed by atoms with E-state index in [9.17, 15) is 25.0 Å². The second-order valence-electron chi connectivity index (χ2n) is 5.28.